The van der Waals surface area contributed by atoms with E-state index in [0.717, 1.165) is 59.7 Å². The summed E-state index contributed by atoms with van der Waals surface area (Å²) in [5, 5.41) is -0.0625. The van der Waals surface area contributed by atoms with E-state index in [-0.39, 0.29) is 44.4 Å². The fraction of sp³-hybridized carbons (Fsp3) is 0.308. The first-order valence-corrected chi connectivity index (χ1v) is 13.7. The molecule has 2 fully saturated rings. The molecule has 0 saturated carbocycles. The molecule has 0 bridgehead atoms. The van der Waals surface area contributed by atoms with Crippen LogP contribution in [0, 0.1) is 0 Å². The van der Waals surface area contributed by atoms with Crippen LogP contribution in [0.4, 0.5) is 11.4 Å². The molecule has 1 aromatic rings. The Kier molecular flexibility index (Phi) is 10.6. The molecule has 0 N–H and O–H groups in total. The molecule has 0 aromatic heterocycles. The summed E-state index contributed by atoms with van der Waals surface area (Å²) >= 11 is 1.60. The molecule has 3 rings (SSSR count). The van der Waals surface area contributed by atoms with Crippen LogP contribution in [-0.2, 0) is 38.2 Å². The molecule has 210 valence electrons. The number of hydrogen-bond donors (Lipinski definition) is 0. The summed E-state index contributed by atoms with van der Waals surface area (Å²) in [6.45, 7) is 3.61. The van der Waals surface area contributed by atoms with Crippen molar-refractivity contribution >= 4 is 80.8 Å². The SMILES string of the molecule is CCCC(=O)N=C1S/C(=C\C(=O)OC)C(=O)N1c1ccccc1N1C(=O)/C(=C/C(=O)OC)SC1=NC(=O)CCC. The number of nitrogens with zero attached hydrogens (tertiary/aromatic N) is 4. The van der Waals surface area contributed by atoms with Crippen molar-refractivity contribution in [3.8, 4) is 0 Å². The smallest absolute Gasteiger partial charge is 0.331 e. The number of hydrogen-bond acceptors (Lipinski definition) is 10. The predicted octanol–water partition coefficient (Wildman–Crippen LogP) is 3.33. The minimum Gasteiger partial charge on any atom is -0.466 e. The Bertz CT molecular complexity index is 1280. The zero-order valence-corrected chi connectivity index (χ0v) is 23.8. The van der Waals surface area contributed by atoms with Crippen LogP contribution < -0.4 is 9.80 Å². The molecule has 2 aliphatic heterocycles. The number of para-hydroxylation sites is 2. The van der Waals surface area contributed by atoms with Gasteiger partial charge in [0.2, 0.25) is 11.8 Å². The molecule has 14 heteroatoms. The summed E-state index contributed by atoms with van der Waals surface area (Å²) in [4.78, 5) is 86.1. The lowest BCUT2D eigenvalue weighted by molar-refractivity contribution is -0.135. The lowest BCUT2D eigenvalue weighted by atomic mass is 10.2. The highest BCUT2D eigenvalue weighted by molar-refractivity contribution is 8.19. The van der Waals surface area contributed by atoms with Gasteiger partial charge in [0.25, 0.3) is 11.8 Å². The van der Waals surface area contributed by atoms with Gasteiger partial charge in [0, 0.05) is 25.0 Å². The van der Waals surface area contributed by atoms with Crippen LogP contribution in [-0.4, -0.2) is 60.1 Å². The molecule has 0 aliphatic carbocycles. The fourth-order valence-electron chi connectivity index (χ4n) is 3.45. The molecule has 0 spiro atoms. The molecular formula is C26H26N4O8S2. The number of anilines is 2. The Morgan fingerprint density at radius 3 is 1.45 bits per heavy atom. The van der Waals surface area contributed by atoms with Crippen LogP contribution in [0.1, 0.15) is 39.5 Å². The summed E-state index contributed by atoms with van der Waals surface area (Å²) in [7, 11) is 2.32. The Morgan fingerprint density at radius 1 is 0.750 bits per heavy atom. The number of ether oxygens (including phenoxy) is 2. The summed E-state index contributed by atoms with van der Waals surface area (Å²) in [6, 6.07) is 6.23. The highest BCUT2D eigenvalue weighted by atomic mass is 32.2. The second kappa shape index (κ2) is 13.8. The summed E-state index contributed by atoms with van der Waals surface area (Å²) in [5.41, 5.74) is 0.250. The third-order valence-corrected chi connectivity index (χ3v) is 7.18. The zero-order valence-electron chi connectivity index (χ0n) is 22.2. The van der Waals surface area contributed by atoms with Crippen LogP contribution in [0.2, 0.25) is 0 Å². The second-order valence-corrected chi connectivity index (χ2v) is 10.1. The van der Waals surface area contributed by atoms with E-state index in [1.54, 1.807) is 26.0 Å². The van der Waals surface area contributed by atoms with E-state index >= 15 is 0 Å². The van der Waals surface area contributed by atoms with Crippen LogP contribution in [0.3, 0.4) is 0 Å². The normalized spacial score (nSPS) is 19.3. The van der Waals surface area contributed by atoms with Gasteiger partial charge in [-0.05, 0) is 48.5 Å². The maximum absolute atomic E-state index is 13.5. The van der Waals surface area contributed by atoms with Crippen LogP contribution in [0.5, 0.6) is 0 Å². The Balaban J connectivity index is 2.21. The Hall–Kier alpha value is -4.04. The average Bonchev–Trinajstić information content (AvgIpc) is 3.38. The lowest BCUT2D eigenvalue weighted by Gasteiger charge is -2.24. The van der Waals surface area contributed by atoms with E-state index in [4.69, 9.17) is 0 Å². The van der Waals surface area contributed by atoms with Crippen molar-refractivity contribution in [2.75, 3.05) is 24.0 Å². The summed E-state index contributed by atoms with van der Waals surface area (Å²) < 4.78 is 9.29. The van der Waals surface area contributed by atoms with Crippen LogP contribution in [0.15, 0.2) is 56.2 Å². The van der Waals surface area contributed by atoms with Crippen molar-refractivity contribution in [1.29, 1.82) is 0 Å². The average molecular weight is 587 g/mol. The van der Waals surface area contributed by atoms with Crippen molar-refractivity contribution in [1.82, 2.24) is 0 Å². The Morgan fingerprint density at radius 2 is 1.12 bits per heavy atom. The van der Waals surface area contributed by atoms with Gasteiger partial charge in [0.1, 0.15) is 0 Å². The molecular weight excluding hydrogens is 560 g/mol. The topological polar surface area (TPSA) is 152 Å². The summed E-state index contributed by atoms with van der Waals surface area (Å²) in [5.74, 6) is -3.89. The molecule has 2 heterocycles. The van der Waals surface area contributed by atoms with Gasteiger partial charge in [-0.2, -0.15) is 9.98 Å². The van der Waals surface area contributed by atoms with Gasteiger partial charge in [-0.1, -0.05) is 26.0 Å². The number of benzene rings is 1. The molecule has 0 unspecified atom stereocenters. The van der Waals surface area contributed by atoms with E-state index in [1.165, 1.54) is 12.1 Å². The van der Waals surface area contributed by atoms with Gasteiger partial charge in [-0.25, -0.2) is 9.59 Å². The van der Waals surface area contributed by atoms with Gasteiger partial charge in [0.05, 0.1) is 35.4 Å². The number of thioether (sulfide) groups is 2. The van der Waals surface area contributed by atoms with E-state index in [0.29, 0.717) is 12.8 Å². The molecule has 0 radical (unpaired) electrons. The zero-order chi connectivity index (χ0) is 29.4. The predicted molar refractivity (Wildman–Crippen MR) is 151 cm³/mol. The quantitative estimate of drug-likeness (QED) is 0.328. The van der Waals surface area contributed by atoms with E-state index in [9.17, 15) is 28.8 Å². The van der Waals surface area contributed by atoms with Crippen LogP contribution >= 0.6 is 23.5 Å². The van der Waals surface area contributed by atoms with Crippen molar-refractivity contribution in [3.05, 3.63) is 46.2 Å². The number of methoxy groups -OCH3 is 2. The van der Waals surface area contributed by atoms with E-state index in [2.05, 4.69) is 19.5 Å². The van der Waals surface area contributed by atoms with Crippen LogP contribution in [0.25, 0.3) is 0 Å². The number of carbonyl (C=O) groups is 6. The first-order valence-electron chi connectivity index (χ1n) is 12.1. The maximum Gasteiger partial charge on any atom is 0.331 e. The highest BCUT2D eigenvalue weighted by Gasteiger charge is 2.42. The first-order chi connectivity index (χ1) is 19.1. The number of rotatable bonds is 8. The molecule has 2 saturated heterocycles. The summed E-state index contributed by atoms with van der Waals surface area (Å²) in [6.07, 6.45) is 3.28. The van der Waals surface area contributed by atoms with Gasteiger partial charge in [-0.15, -0.1) is 0 Å². The second-order valence-electron chi connectivity index (χ2n) is 8.11. The molecule has 40 heavy (non-hydrogen) atoms. The molecule has 12 nitrogen and oxygen atoms in total. The molecule has 0 atom stereocenters. The number of esters is 2. The van der Waals surface area contributed by atoms with Crippen molar-refractivity contribution in [3.63, 3.8) is 0 Å². The lowest BCUT2D eigenvalue weighted by Crippen LogP contribution is -2.35. The minimum atomic E-state index is -0.780. The minimum absolute atomic E-state index is 0.0313. The molecule has 4 amide bonds. The van der Waals surface area contributed by atoms with Gasteiger partial charge < -0.3 is 9.47 Å². The highest BCUT2D eigenvalue weighted by Crippen LogP contribution is 2.43. The van der Waals surface area contributed by atoms with E-state index < -0.39 is 35.6 Å². The standard InChI is InChI=1S/C26H26N4O8S2/c1-5-9-19(31)27-25-29(23(35)17(39-25)13-21(33)37-3)15-11-7-8-12-16(15)30-24(36)18(14-22(34)38-4)40-26(30)28-20(32)10-6-2/h7-8,11-14H,5-6,9-10H2,1-4H3/b17-13-,18-14-,27-25?,28-26?. The van der Waals surface area contributed by atoms with E-state index in [1.807, 2.05) is 0 Å². The van der Waals surface area contributed by atoms with Crippen molar-refractivity contribution in [2.24, 2.45) is 9.98 Å². The largest absolute Gasteiger partial charge is 0.466 e. The number of carbonyl (C=O) groups excluding carboxylic acids is 6. The fourth-order valence-corrected chi connectivity index (χ4v) is 5.35. The first kappa shape index (κ1) is 30.5. The number of amidine groups is 2. The maximum atomic E-state index is 13.5. The number of amides is 4. The Labute approximate surface area is 238 Å². The van der Waals surface area contributed by atoms with Gasteiger partial charge in [0.15, 0.2) is 10.3 Å². The third-order valence-electron chi connectivity index (χ3n) is 5.25. The molecule has 1 aromatic carbocycles. The van der Waals surface area contributed by atoms with Crippen molar-refractivity contribution in [2.45, 2.75) is 39.5 Å². The van der Waals surface area contributed by atoms with Gasteiger partial charge in [-0.3, -0.25) is 29.0 Å². The monoisotopic (exact) mass is 586 g/mol. The third kappa shape index (κ3) is 6.93. The van der Waals surface area contributed by atoms with Crippen molar-refractivity contribution < 1.29 is 38.2 Å². The number of aliphatic imine (C=N–C) groups is 2. The molecule has 2 aliphatic rings. The van der Waals surface area contributed by atoms with Gasteiger partial charge >= 0.3 is 11.9 Å².